The van der Waals surface area contributed by atoms with Crippen molar-refractivity contribution in [2.75, 3.05) is 13.7 Å². The number of nitrogens with zero attached hydrogens (tertiary/aromatic N) is 3. The second-order valence-corrected chi connectivity index (χ2v) is 8.77. The van der Waals surface area contributed by atoms with Gasteiger partial charge in [0.2, 0.25) is 0 Å². The van der Waals surface area contributed by atoms with Crippen LogP contribution in [-0.2, 0) is 0 Å². The van der Waals surface area contributed by atoms with Crippen LogP contribution in [0, 0.1) is 13.8 Å². The number of hydrogen-bond acceptors (Lipinski definition) is 3. The molecule has 1 fully saturated rings. The number of amides is 1. The minimum atomic E-state index is -0.0836. The van der Waals surface area contributed by atoms with Gasteiger partial charge in [0.25, 0.3) is 5.91 Å². The third-order valence-electron chi connectivity index (χ3n) is 6.67. The van der Waals surface area contributed by atoms with Crippen molar-refractivity contribution in [3.05, 3.63) is 89.2 Å². The second kappa shape index (κ2) is 8.74. The van der Waals surface area contributed by atoms with Gasteiger partial charge < -0.3 is 9.64 Å². The van der Waals surface area contributed by atoms with Crippen LogP contribution in [-0.4, -0.2) is 34.0 Å². The zero-order valence-electron chi connectivity index (χ0n) is 19.4. The highest BCUT2D eigenvalue weighted by molar-refractivity contribution is 5.97. The van der Waals surface area contributed by atoms with Gasteiger partial charge in [-0.2, -0.15) is 0 Å². The maximum absolute atomic E-state index is 13.8. The number of carbonyl (C=O) groups excluding carboxylic acids is 1. The van der Waals surface area contributed by atoms with Crippen molar-refractivity contribution in [3.63, 3.8) is 0 Å². The van der Waals surface area contributed by atoms with Gasteiger partial charge in [-0.25, -0.2) is 4.98 Å². The first kappa shape index (κ1) is 21.3. The van der Waals surface area contributed by atoms with E-state index in [9.17, 15) is 4.79 Å². The molecule has 0 radical (unpaired) electrons. The molecule has 0 aliphatic carbocycles. The molecule has 0 bridgehead atoms. The summed E-state index contributed by atoms with van der Waals surface area (Å²) in [6.45, 7) is 4.78. The molecule has 0 spiro atoms. The Labute approximate surface area is 194 Å². The Kier molecular flexibility index (Phi) is 5.63. The largest absolute Gasteiger partial charge is 0.497 e. The van der Waals surface area contributed by atoms with E-state index in [1.54, 1.807) is 7.11 Å². The van der Waals surface area contributed by atoms with Crippen LogP contribution in [0.5, 0.6) is 5.75 Å². The molecule has 1 atom stereocenters. The van der Waals surface area contributed by atoms with E-state index in [1.165, 1.54) is 0 Å². The summed E-state index contributed by atoms with van der Waals surface area (Å²) in [4.78, 5) is 21.0. The molecule has 1 unspecified atom stereocenters. The molecule has 1 saturated heterocycles. The molecule has 3 aromatic carbocycles. The Morgan fingerprint density at radius 1 is 0.939 bits per heavy atom. The van der Waals surface area contributed by atoms with Gasteiger partial charge in [-0.1, -0.05) is 30.3 Å². The van der Waals surface area contributed by atoms with Gasteiger partial charge in [-0.05, 0) is 80.6 Å². The Bertz CT molecular complexity index is 1290. The summed E-state index contributed by atoms with van der Waals surface area (Å²) >= 11 is 0. The molecule has 1 aliphatic heterocycles. The number of hydrogen-bond donors (Lipinski definition) is 0. The molecular formula is C28H29N3O2. The van der Waals surface area contributed by atoms with E-state index in [2.05, 4.69) is 22.8 Å². The predicted octanol–water partition coefficient (Wildman–Crippen LogP) is 6.02. The Morgan fingerprint density at radius 3 is 2.39 bits per heavy atom. The maximum atomic E-state index is 13.8. The summed E-state index contributed by atoms with van der Waals surface area (Å²) in [7, 11) is 1.67. The van der Waals surface area contributed by atoms with E-state index in [1.807, 2.05) is 67.3 Å². The Hall–Kier alpha value is -3.60. The summed E-state index contributed by atoms with van der Waals surface area (Å²) in [5.41, 5.74) is 5.86. The topological polar surface area (TPSA) is 47.4 Å². The number of rotatable bonds is 4. The summed E-state index contributed by atoms with van der Waals surface area (Å²) in [5, 5.41) is 0. The van der Waals surface area contributed by atoms with Crippen molar-refractivity contribution < 1.29 is 9.53 Å². The van der Waals surface area contributed by atoms with Crippen molar-refractivity contribution >= 4 is 16.9 Å². The van der Waals surface area contributed by atoms with Gasteiger partial charge >= 0.3 is 0 Å². The zero-order valence-corrected chi connectivity index (χ0v) is 19.4. The van der Waals surface area contributed by atoms with Crippen LogP contribution < -0.4 is 4.74 Å². The number of carbonyl (C=O) groups is 1. The average Bonchev–Trinajstić information content (AvgIpc) is 3.23. The molecule has 1 amide bonds. The third kappa shape index (κ3) is 3.78. The molecular weight excluding hydrogens is 410 g/mol. The number of fused-ring (bicyclic) bond motifs is 1. The first-order valence-electron chi connectivity index (χ1n) is 11.6. The number of ether oxygens (including phenoxy) is 1. The molecule has 4 aromatic rings. The Balaban J connectivity index is 1.64. The van der Waals surface area contributed by atoms with Crippen LogP contribution in [0.2, 0.25) is 0 Å². The van der Waals surface area contributed by atoms with Crippen molar-refractivity contribution in [1.82, 2.24) is 14.5 Å². The van der Waals surface area contributed by atoms with Gasteiger partial charge in [0.1, 0.15) is 11.6 Å². The van der Waals surface area contributed by atoms with Gasteiger partial charge in [-0.3, -0.25) is 9.36 Å². The van der Waals surface area contributed by atoms with E-state index in [0.717, 1.165) is 70.8 Å². The number of methoxy groups -OCH3 is 1. The van der Waals surface area contributed by atoms with E-state index in [-0.39, 0.29) is 11.9 Å². The highest BCUT2D eigenvalue weighted by Crippen LogP contribution is 2.36. The molecule has 0 saturated carbocycles. The maximum Gasteiger partial charge on any atom is 0.255 e. The molecule has 5 rings (SSSR count). The number of imidazole rings is 1. The van der Waals surface area contributed by atoms with Crippen LogP contribution in [0.4, 0.5) is 0 Å². The first-order valence-corrected chi connectivity index (χ1v) is 11.6. The molecule has 2 heterocycles. The number of benzene rings is 3. The van der Waals surface area contributed by atoms with E-state index in [0.29, 0.717) is 0 Å². The minimum absolute atomic E-state index is 0.0836. The highest BCUT2D eigenvalue weighted by Gasteiger charge is 2.33. The van der Waals surface area contributed by atoms with Crippen LogP contribution in [0.3, 0.4) is 0 Å². The van der Waals surface area contributed by atoms with Crippen molar-refractivity contribution in [2.24, 2.45) is 0 Å². The lowest BCUT2D eigenvalue weighted by Gasteiger charge is -2.36. The van der Waals surface area contributed by atoms with Crippen molar-refractivity contribution in [2.45, 2.75) is 39.2 Å². The Morgan fingerprint density at radius 2 is 1.67 bits per heavy atom. The van der Waals surface area contributed by atoms with Crippen LogP contribution in [0.1, 0.15) is 52.6 Å². The standard InChI is InChI=1S/C28H29N3O2/c1-19-9-8-10-20(2)26(19)28(32)30-18-7-6-13-25(30)27-29-23-11-4-5-12-24(23)31(27)21-14-16-22(33-3)17-15-21/h4-5,8-12,14-17,25H,6-7,13,18H2,1-3H3. The zero-order chi connectivity index (χ0) is 22.9. The smallest absolute Gasteiger partial charge is 0.255 e. The SMILES string of the molecule is COc1ccc(-n2c(C3CCCCN3C(=O)c3c(C)cccc3C)nc3ccccc32)cc1. The highest BCUT2D eigenvalue weighted by atomic mass is 16.5. The summed E-state index contributed by atoms with van der Waals surface area (Å²) in [6, 6.07) is 22.2. The van der Waals surface area contributed by atoms with Crippen LogP contribution in [0.15, 0.2) is 66.7 Å². The fourth-order valence-electron chi connectivity index (χ4n) is 5.01. The average molecular weight is 440 g/mol. The number of para-hydroxylation sites is 2. The molecule has 5 nitrogen and oxygen atoms in total. The summed E-state index contributed by atoms with van der Waals surface area (Å²) in [6.07, 6.45) is 2.99. The molecule has 5 heteroatoms. The lowest BCUT2D eigenvalue weighted by atomic mass is 9.96. The van der Waals surface area contributed by atoms with Gasteiger partial charge in [0.05, 0.1) is 24.2 Å². The minimum Gasteiger partial charge on any atom is -0.497 e. The molecule has 1 aromatic heterocycles. The quantitative estimate of drug-likeness (QED) is 0.391. The fourth-order valence-corrected chi connectivity index (χ4v) is 5.01. The van der Waals surface area contributed by atoms with E-state index >= 15 is 0 Å². The van der Waals surface area contributed by atoms with Crippen LogP contribution >= 0.6 is 0 Å². The number of aryl methyl sites for hydroxylation is 2. The molecule has 33 heavy (non-hydrogen) atoms. The van der Waals surface area contributed by atoms with Crippen molar-refractivity contribution in [3.8, 4) is 11.4 Å². The lowest BCUT2D eigenvalue weighted by molar-refractivity contribution is 0.0597. The van der Waals surface area contributed by atoms with Gasteiger partial charge in [-0.15, -0.1) is 0 Å². The fraction of sp³-hybridized carbons (Fsp3) is 0.286. The van der Waals surface area contributed by atoms with Crippen LogP contribution in [0.25, 0.3) is 16.7 Å². The predicted molar refractivity (Wildman–Crippen MR) is 131 cm³/mol. The van der Waals surface area contributed by atoms with Crippen molar-refractivity contribution in [1.29, 1.82) is 0 Å². The second-order valence-electron chi connectivity index (χ2n) is 8.77. The summed E-state index contributed by atoms with van der Waals surface area (Å²) < 4.78 is 7.57. The molecule has 0 N–H and O–H groups in total. The number of aromatic nitrogens is 2. The van der Waals surface area contributed by atoms with E-state index in [4.69, 9.17) is 9.72 Å². The first-order chi connectivity index (χ1) is 16.1. The third-order valence-corrected chi connectivity index (χ3v) is 6.67. The van der Waals surface area contributed by atoms with E-state index < -0.39 is 0 Å². The normalized spacial score (nSPS) is 16.2. The lowest BCUT2D eigenvalue weighted by Crippen LogP contribution is -2.40. The number of piperidine rings is 1. The number of likely N-dealkylation sites (tertiary alicyclic amines) is 1. The molecule has 1 aliphatic rings. The van der Waals surface area contributed by atoms with Gasteiger partial charge in [0, 0.05) is 17.8 Å². The van der Waals surface area contributed by atoms with Gasteiger partial charge in [0.15, 0.2) is 0 Å². The summed E-state index contributed by atoms with van der Waals surface area (Å²) in [5.74, 6) is 1.83. The monoisotopic (exact) mass is 439 g/mol. The molecule has 168 valence electrons.